The number of hydrogen-bond acceptors (Lipinski definition) is 4. The standard InChI is InChI=1S/C17H20BrN3O3/c1-22-15-7-6-13(11-16(15)23-2)21-17(19)20-8-9-24-14-5-3-4-12(18)10-14/h3-7,10-11H,8-9H2,1-2H3,(H3,19,20,21). The molecule has 2 aromatic carbocycles. The van der Waals surface area contributed by atoms with Gasteiger partial charge in [-0.05, 0) is 30.3 Å². The second-order valence-corrected chi connectivity index (χ2v) is 5.68. The Morgan fingerprint density at radius 2 is 1.92 bits per heavy atom. The van der Waals surface area contributed by atoms with E-state index in [0.717, 1.165) is 15.9 Å². The van der Waals surface area contributed by atoms with Crippen molar-refractivity contribution in [2.24, 2.45) is 10.7 Å². The van der Waals surface area contributed by atoms with Gasteiger partial charge in [-0.3, -0.25) is 0 Å². The summed E-state index contributed by atoms with van der Waals surface area (Å²) in [5.74, 6) is 2.36. The van der Waals surface area contributed by atoms with Crippen molar-refractivity contribution >= 4 is 27.6 Å². The fourth-order valence-corrected chi connectivity index (χ4v) is 2.37. The van der Waals surface area contributed by atoms with Crippen LogP contribution in [0, 0.1) is 0 Å². The van der Waals surface area contributed by atoms with E-state index in [1.54, 1.807) is 26.4 Å². The Morgan fingerprint density at radius 1 is 1.12 bits per heavy atom. The zero-order chi connectivity index (χ0) is 17.4. The number of nitrogens with two attached hydrogens (primary N) is 1. The predicted molar refractivity (Wildman–Crippen MR) is 99.3 cm³/mol. The lowest BCUT2D eigenvalue weighted by atomic mass is 10.3. The van der Waals surface area contributed by atoms with Crippen LogP contribution in [0.1, 0.15) is 0 Å². The summed E-state index contributed by atoms with van der Waals surface area (Å²) in [6.07, 6.45) is 0. The summed E-state index contributed by atoms with van der Waals surface area (Å²) in [6, 6.07) is 13.1. The number of hydrogen-bond donors (Lipinski definition) is 2. The van der Waals surface area contributed by atoms with E-state index in [1.807, 2.05) is 30.3 Å². The fourth-order valence-electron chi connectivity index (χ4n) is 1.99. The summed E-state index contributed by atoms with van der Waals surface area (Å²) in [5, 5.41) is 3.00. The number of nitrogens with zero attached hydrogens (tertiary/aromatic N) is 1. The first-order valence-electron chi connectivity index (χ1n) is 7.29. The minimum absolute atomic E-state index is 0.306. The first-order chi connectivity index (χ1) is 11.6. The van der Waals surface area contributed by atoms with Crippen molar-refractivity contribution in [1.29, 1.82) is 0 Å². The number of aliphatic imine (C=N–C) groups is 1. The van der Waals surface area contributed by atoms with E-state index in [1.165, 1.54) is 0 Å². The lowest BCUT2D eigenvalue weighted by Crippen LogP contribution is -2.23. The van der Waals surface area contributed by atoms with E-state index in [4.69, 9.17) is 19.9 Å². The Hall–Kier alpha value is -2.41. The second-order valence-electron chi connectivity index (χ2n) is 4.77. The molecule has 0 heterocycles. The number of rotatable bonds is 7. The van der Waals surface area contributed by atoms with Gasteiger partial charge < -0.3 is 25.3 Å². The molecule has 0 unspecified atom stereocenters. The largest absolute Gasteiger partial charge is 0.493 e. The number of nitrogens with one attached hydrogen (secondary N) is 1. The molecule has 0 saturated carbocycles. The molecule has 0 bridgehead atoms. The maximum atomic E-state index is 5.88. The van der Waals surface area contributed by atoms with Crippen molar-refractivity contribution in [2.75, 3.05) is 32.7 Å². The number of anilines is 1. The molecule has 0 aromatic heterocycles. The number of halogens is 1. The highest BCUT2D eigenvalue weighted by Gasteiger charge is 2.05. The van der Waals surface area contributed by atoms with Gasteiger partial charge in [0.05, 0.1) is 20.8 Å². The minimum atomic E-state index is 0.306. The van der Waals surface area contributed by atoms with Crippen molar-refractivity contribution in [3.8, 4) is 17.2 Å². The van der Waals surface area contributed by atoms with Gasteiger partial charge in [0.1, 0.15) is 12.4 Å². The Balaban J connectivity index is 1.85. The van der Waals surface area contributed by atoms with Gasteiger partial charge in [0, 0.05) is 16.2 Å². The van der Waals surface area contributed by atoms with Crippen molar-refractivity contribution in [2.45, 2.75) is 0 Å². The van der Waals surface area contributed by atoms with Crippen LogP contribution in [0.15, 0.2) is 51.9 Å². The maximum Gasteiger partial charge on any atom is 0.193 e. The third-order valence-electron chi connectivity index (χ3n) is 3.09. The first kappa shape index (κ1) is 17.9. The molecule has 128 valence electrons. The maximum absolute atomic E-state index is 5.88. The molecule has 0 amide bonds. The summed E-state index contributed by atoms with van der Waals surface area (Å²) < 4.78 is 17.0. The second kappa shape index (κ2) is 9.02. The SMILES string of the molecule is COc1ccc(NC(N)=NCCOc2cccc(Br)c2)cc1OC. The lowest BCUT2D eigenvalue weighted by Gasteiger charge is -2.11. The highest BCUT2D eigenvalue weighted by Crippen LogP contribution is 2.29. The van der Waals surface area contributed by atoms with Crippen molar-refractivity contribution in [3.63, 3.8) is 0 Å². The Kier molecular flexibility index (Phi) is 6.74. The van der Waals surface area contributed by atoms with Crippen LogP contribution >= 0.6 is 15.9 Å². The van der Waals surface area contributed by atoms with E-state index in [2.05, 4.69) is 26.2 Å². The topological polar surface area (TPSA) is 78.1 Å². The molecular formula is C17H20BrN3O3. The summed E-state index contributed by atoms with van der Waals surface area (Å²) in [5.41, 5.74) is 6.64. The Labute approximate surface area is 149 Å². The van der Waals surface area contributed by atoms with Gasteiger partial charge in [0.15, 0.2) is 17.5 Å². The molecule has 0 aliphatic carbocycles. The van der Waals surface area contributed by atoms with Crippen LogP contribution in [0.3, 0.4) is 0 Å². The molecule has 2 aromatic rings. The van der Waals surface area contributed by atoms with Crippen LogP contribution in [-0.2, 0) is 0 Å². The van der Waals surface area contributed by atoms with Crippen LogP contribution in [0.25, 0.3) is 0 Å². The van der Waals surface area contributed by atoms with E-state index >= 15 is 0 Å². The zero-order valence-corrected chi connectivity index (χ0v) is 15.2. The van der Waals surface area contributed by atoms with Crippen molar-refractivity contribution in [3.05, 3.63) is 46.9 Å². The number of benzene rings is 2. The van der Waals surface area contributed by atoms with Gasteiger partial charge in [-0.1, -0.05) is 22.0 Å². The van der Waals surface area contributed by atoms with Gasteiger partial charge in [-0.2, -0.15) is 0 Å². The highest BCUT2D eigenvalue weighted by atomic mass is 79.9. The van der Waals surface area contributed by atoms with E-state index < -0.39 is 0 Å². The normalized spacial score (nSPS) is 11.0. The molecule has 2 rings (SSSR count). The quantitative estimate of drug-likeness (QED) is 0.428. The smallest absolute Gasteiger partial charge is 0.193 e. The van der Waals surface area contributed by atoms with Crippen LogP contribution in [0.5, 0.6) is 17.2 Å². The van der Waals surface area contributed by atoms with Gasteiger partial charge in [0.25, 0.3) is 0 Å². The highest BCUT2D eigenvalue weighted by molar-refractivity contribution is 9.10. The Bertz CT molecular complexity index is 707. The fraction of sp³-hybridized carbons (Fsp3) is 0.235. The molecule has 7 heteroatoms. The average molecular weight is 394 g/mol. The van der Waals surface area contributed by atoms with Crippen LogP contribution in [0.2, 0.25) is 0 Å². The van der Waals surface area contributed by atoms with Gasteiger partial charge in [-0.25, -0.2) is 4.99 Å². The van der Waals surface area contributed by atoms with Gasteiger partial charge in [-0.15, -0.1) is 0 Å². The molecule has 0 atom stereocenters. The lowest BCUT2D eigenvalue weighted by molar-refractivity contribution is 0.328. The van der Waals surface area contributed by atoms with E-state index in [0.29, 0.717) is 30.6 Å². The average Bonchev–Trinajstić information content (AvgIpc) is 2.58. The van der Waals surface area contributed by atoms with Crippen LogP contribution in [-0.4, -0.2) is 33.3 Å². The molecule has 24 heavy (non-hydrogen) atoms. The molecule has 0 aliphatic rings. The third kappa shape index (κ3) is 5.34. The van der Waals surface area contributed by atoms with Gasteiger partial charge in [0.2, 0.25) is 0 Å². The molecule has 0 saturated heterocycles. The molecule has 0 radical (unpaired) electrons. The minimum Gasteiger partial charge on any atom is -0.493 e. The summed E-state index contributed by atoms with van der Waals surface area (Å²) in [4.78, 5) is 4.23. The third-order valence-corrected chi connectivity index (χ3v) is 3.59. The molecule has 0 aliphatic heterocycles. The summed E-state index contributed by atoms with van der Waals surface area (Å²) in [7, 11) is 3.17. The number of guanidine groups is 1. The van der Waals surface area contributed by atoms with E-state index in [-0.39, 0.29) is 0 Å². The molecule has 0 spiro atoms. The molecular weight excluding hydrogens is 374 g/mol. The molecule has 6 nitrogen and oxygen atoms in total. The van der Waals surface area contributed by atoms with Gasteiger partial charge >= 0.3 is 0 Å². The summed E-state index contributed by atoms with van der Waals surface area (Å²) in [6.45, 7) is 0.878. The summed E-state index contributed by atoms with van der Waals surface area (Å²) >= 11 is 3.40. The first-order valence-corrected chi connectivity index (χ1v) is 8.09. The van der Waals surface area contributed by atoms with Crippen molar-refractivity contribution in [1.82, 2.24) is 0 Å². The Morgan fingerprint density at radius 3 is 2.62 bits per heavy atom. The number of methoxy groups -OCH3 is 2. The number of ether oxygens (including phenoxy) is 3. The van der Waals surface area contributed by atoms with Crippen molar-refractivity contribution < 1.29 is 14.2 Å². The molecule has 0 fully saturated rings. The zero-order valence-electron chi connectivity index (χ0n) is 13.6. The predicted octanol–water partition coefficient (Wildman–Crippen LogP) is 3.27. The molecule has 3 N–H and O–H groups in total. The van der Waals surface area contributed by atoms with Crippen LogP contribution in [0.4, 0.5) is 5.69 Å². The van der Waals surface area contributed by atoms with Crippen LogP contribution < -0.4 is 25.3 Å². The monoisotopic (exact) mass is 393 g/mol. The van der Waals surface area contributed by atoms with E-state index in [9.17, 15) is 0 Å².